The van der Waals surface area contributed by atoms with Crippen LogP contribution in [0.25, 0.3) is 0 Å². The van der Waals surface area contributed by atoms with Gasteiger partial charge in [-0.25, -0.2) is 0 Å². The second-order valence-corrected chi connectivity index (χ2v) is 3.87. The summed E-state index contributed by atoms with van der Waals surface area (Å²) in [6.45, 7) is 0. The lowest BCUT2D eigenvalue weighted by molar-refractivity contribution is 0.533. The van der Waals surface area contributed by atoms with E-state index in [1.165, 1.54) is 5.56 Å². The van der Waals surface area contributed by atoms with Crippen LogP contribution in [-0.4, -0.2) is 22.0 Å². The Balaban J connectivity index is 1.97. The summed E-state index contributed by atoms with van der Waals surface area (Å²) in [5.41, 5.74) is 2.23. The van der Waals surface area contributed by atoms with E-state index in [9.17, 15) is 0 Å². The third kappa shape index (κ3) is 3.32. The van der Waals surface area contributed by atoms with Crippen LogP contribution < -0.4 is 5.32 Å². The lowest BCUT2D eigenvalue weighted by Gasteiger charge is -2.14. The van der Waals surface area contributed by atoms with Gasteiger partial charge in [0, 0.05) is 31.0 Å². The number of aromatic nitrogens is 3. The fraction of sp³-hybridized carbons (Fsp3) is 0.308. The fourth-order valence-corrected chi connectivity index (χ4v) is 1.79. The van der Waals surface area contributed by atoms with Crippen molar-refractivity contribution in [1.29, 1.82) is 0 Å². The topological polar surface area (TPSA) is 50.7 Å². The van der Waals surface area contributed by atoms with Crippen molar-refractivity contribution in [3.05, 3.63) is 54.4 Å². The molecule has 1 N–H and O–H groups in total. The molecule has 0 saturated carbocycles. The minimum atomic E-state index is 0.240. The third-order valence-corrected chi connectivity index (χ3v) is 2.73. The van der Waals surface area contributed by atoms with Crippen LogP contribution in [-0.2, 0) is 6.42 Å². The maximum absolute atomic E-state index is 4.32. The lowest BCUT2D eigenvalue weighted by atomic mass is 10.0. The van der Waals surface area contributed by atoms with E-state index in [0.29, 0.717) is 0 Å². The highest BCUT2D eigenvalue weighted by atomic mass is 14.9. The summed E-state index contributed by atoms with van der Waals surface area (Å²) >= 11 is 0. The van der Waals surface area contributed by atoms with E-state index in [-0.39, 0.29) is 6.04 Å². The van der Waals surface area contributed by atoms with Gasteiger partial charge in [-0.1, -0.05) is 6.07 Å². The van der Waals surface area contributed by atoms with E-state index in [1.54, 1.807) is 18.6 Å². The maximum atomic E-state index is 4.32. The normalized spacial score (nSPS) is 12.3. The molecule has 0 fully saturated rings. The average molecular weight is 228 g/mol. The summed E-state index contributed by atoms with van der Waals surface area (Å²) in [4.78, 5) is 12.5. The first kappa shape index (κ1) is 11.7. The molecule has 0 bridgehead atoms. The maximum Gasteiger partial charge on any atom is 0.0756 e. The first-order valence-electron chi connectivity index (χ1n) is 5.72. The molecule has 0 aliphatic carbocycles. The minimum Gasteiger partial charge on any atom is -0.312 e. The van der Waals surface area contributed by atoms with Crippen molar-refractivity contribution in [3.63, 3.8) is 0 Å². The largest absolute Gasteiger partial charge is 0.312 e. The molecule has 0 radical (unpaired) electrons. The first-order chi connectivity index (χ1) is 8.40. The highest BCUT2D eigenvalue weighted by Gasteiger charge is 2.10. The highest BCUT2D eigenvalue weighted by Crippen LogP contribution is 2.15. The van der Waals surface area contributed by atoms with Crippen LogP contribution in [0, 0.1) is 0 Å². The Bertz CT molecular complexity index is 430. The number of pyridine rings is 1. The Kier molecular flexibility index (Phi) is 4.16. The van der Waals surface area contributed by atoms with Crippen LogP contribution in [0.4, 0.5) is 0 Å². The van der Waals surface area contributed by atoms with Crippen LogP contribution in [0.5, 0.6) is 0 Å². The van der Waals surface area contributed by atoms with Gasteiger partial charge in [-0.15, -0.1) is 0 Å². The number of rotatable bonds is 5. The first-order valence-corrected chi connectivity index (χ1v) is 5.72. The molecule has 2 heterocycles. The molecule has 0 aromatic carbocycles. The predicted octanol–water partition coefficient (Wildman–Crippen LogP) is 1.76. The number of nitrogens with zero attached hydrogens (tertiary/aromatic N) is 3. The Labute approximate surface area is 101 Å². The molecule has 17 heavy (non-hydrogen) atoms. The van der Waals surface area contributed by atoms with Crippen molar-refractivity contribution in [3.8, 4) is 0 Å². The molecular formula is C13H16N4. The standard InChI is InChI=1S/C13H16N4/c1-14-12(13-10-16-7-8-17-13)5-4-11-3-2-6-15-9-11/h2-3,6-10,12,14H,4-5H2,1H3. The second-order valence-electron chi connectivity index (χ2n) is 3.87. The van der Waals surface area contributed by atoms with Gasteiger partial charge < -0.3 is 5.32 Å². The van der Waals surface area contributed by atoms with Crippen LogP contribution in [0.2, 0.25) is 0 Å². The number of hydrogen-bond donors (Lipinski definition) is 1. The summed E-state index contributed by atoms with van der Waals surface area (Å²) in [5.74, 6) is 0. The van der Waals surface area contributed by atoms with Crippen molar-refractivity contribution in [2.24, 2.45) is 0 Å². The summed E-state index contributed by atoms with van der Waals surface area (Å²) < 4.78 is 0. The Hall–Kier alpha value is -1.81. The molecule has 0 saturated heterocycles. The van der Waals surface area contributed by atoms with Crippen molar-refractivity contribution in [2.75, 3.05) is 7.05 Å². The van der Waals surface area contributed by atoms with Crippen LogP contribution >= 0.6 is 0 Å². The molecule has 0 spiro atoms. The zero-order valence-electron chi connectivity index (χ0n) is 9.87. The monoisotopic (exact) mass is 228 g/mol. The summed E-state index contributed by atoms with van der Waals surface area (Å²) in [6, 6.07) is 4.30. The number of aryl methyl sites for hydroxylation is 1. The molecule has 1 atom stereocenters. The van der Waals surface area contributed by atoms with Gasteiger partial charge in [0.05, 0.1) is 11.7 Å². The van der Waals surface area contributed by atoms with Gasteiger partial charge in [0.1, 0.15) is 0 Å². The quantitative estimate of drug-likeness (QED) is 0.847. The summed E-state index contributed by atoms with van der Waals surface area (Å²) in [7, 11) is 1.95. The summed E-state index contributed by atoms with van der Waals surface area (Å²) in [5, 5.41) is 3.27. The smallest absolute Gasteiger partial charge is 0.0756 e. The molecule has 1 unspecified atom stereocenters. The SMILES string of the molecule is CNC(CCc1cccnc1)c1cnccn1. The average Bonchev–Trinajstić information content (AvgIpc) is 2.42. The van der Waals surface area contributed by atoms with Gasteiger partial charge >= 0.3 is 0 Å². The Morgan fingerprint density at radius 1 is 1.18 bits per heavy atom. The van der Waals surface area contributed by atoms with Gasteiger partial charge in [-0.2, -0.15) is 0 Å². The molecule has 2 aromatic heterocycles. The molecule has 0 amide bonds. The summed E-state index contributed by atoms with van der Waals surface area (Å²) in [6.07, 6.45) is 10.9. The Morgan fingerprint density at radius 3 is 2.71 bits per heavy atom. The van der Waals surface area contributed by atoms with Gasteiger partial charge in [0.25, 0.3) is 0 Å². The number of hydrogen-bond acceptors (Lipinski definition) is 4. The molecule has 4 nitrogen and oxygen atoms in total. The van der Waals surface area contributed by atoms with Crippen molar-refractivity contribution in [1.82, 2.24) is 20.3 Å². The molecule has 0 aliphatic heterocycles. The minimum absolute atomic E-state index is 0.240. The third-order valence-electron chi connectivity index (χ3n) is 2.73. The molecule has 88 valence electrons. The second kappa shape index (κ2) is 6.06. The predicted molar refractivity (Wildman–Crippen MR) is 66.4 cm³/mol. The zero-order valence-corrected chi connectivity index (χ0v) is 9.87. The highest BCUT2D eigenvalue weighted by molar-refractivity contribution is 5.10. The van der Waals surface area contributed by atoms with E-state index < -0.39 is 0 Å². The van der Waals surface area contributed by atoms with Crippen molar-refractivity contribution >= 4 is 0 Å². The van der Waals surface area contributed by atoms with E-state index >= 15 is 0 Å². The lowest BCUT2D eigenvalue weighted by Crippen LogP contribution is -2.18. The van der Waals surface area contributed by atoms with Gasteiger partial charge in [0.15, 0.2) is 0 Å². The molecule has 4 heteroatoms. The molecule has 0 aliphatic rings. The zero-order chi connectivity index (χ0) is 11.9. The van der Waals surface area contributed by atoms with Crippen molar-refractivity contribution < 1.29 is 0 Å². The van der Waals surface area contributed by atoms with Crippen LogP contribution in [0.15, 0.2) is 43.1 Å². The number of nitrogens with one attached hydrogen (secondary N) is 1. The van der Waals surface area contributed by atoms with Crippen molar-refractivity contribution in [2.45, 2.75) is 18.9 Å². The van der Waals surface area contributed by atoms with Gasteiger partial charge in [0.2, 0.25) is 0 Å². The van der Waals surface area contributed by atoms with Gasteiger partial charge in [-0.05, 0) is 31.5 Å². The van der Waals surface area contributed by atoms with Crippen LogP contribution in [0.1, 0.15) is 23.7 Å². The Morgan fingerprint density at radius 2 is 2.06 bits per heavy atom. The molecule has 2 aromatic rings. The van der Waals surface area contributed by atoms with E-state index in [4.69, 9.17) is 0 Å². The molecular weight excluding hydrogens is 212 g/mol. The fourth-order valence-electron chi connectivity index (χ4n) is 1.79. The van der Waals surface area contributed by atoms with Gasteiger partial charge in [-0.3, -0.25) is 15.0 Å². The molecule has 2 rings (SSSR count). The van der Waals surface area contributed by atoms with E-state index in [1.807, 2.05) is 25.5 Å². The van der Waals surface area contributed by atoms with E-state index in [2.05, 4.69) is 26.3 Å². The van der Waals surface area contributed by atoms with E-state index in [0.717, 1.165) is 18.5 Å². The van der Waals surface area contributed by atoms with Crippen LogP contribution in [0.3, 0.4) is 0 Å².